The molecular formula is C13H11N3O5. The Balaban J connectivity index is 1.75. The second-order valence-electron chi connectivity index (χ2n) is 4.06. The van der Waals surface area contributed by atoms with E-state index in [1.54, 1.807) is 0 Å². The van der Waals surface area contributed by atoms with Crippen LogP contribution in [0.3, 0.4) is 0 Å². The number of ether oxygens (including phenoxy) is 1. The molecule has 0 spiro atoms. The quantitative estimate of drug-likeness (QED) is 0.645. The minimum absolute atomic E-state index is 0.0633. The summed E-state index contributed by atoms with van der Waals surface area (Å²) in [6.07, 6.45) is 1.61. The van der Waals surface area contributed by atoms with Crippen molar-refractivity contribution in [1.29, 1.82) is 0 Å². The summed E-state index contributed by atoms with van der Waals surface area (Å²) >= 11 is 0. The highest BCUT2D eigenvalue weighted by molar-refractivity contribution is 6.12. The molecule has 0 bridgehead atoms. The zero-order valence-corrected chi connectivity index (χ0v) is 10.8. The Bertz CT molecular complexity index is 591. The lowest BCUT2D eigenvalue weighted by atomic mass is 10.3. The van der Waals surface area contributed by atoms with Crippen molar-refractivity contribution in [3.63, 3.8) is 0 Å². The minimum atomic E-state index is -0.728. The maximum Gasteiger partial charge on any atom is 0.412 e. The fraction of sp³-hybridized carbons (Fsp3) is 0.154. The number of imide groups is 1. The predicted molar refractivity (Wildman–Crippen MR) is 71.8 cm³/mol. The molecule has 0 fully saturated rings. The summed E-state index contributed by atoms with van der Waals surface area (Å²) in [6, 6.07) is 5.66. The molecular weight excluding hydrogens is 278 g/mol. The van der Waals surface area contributed by atoms with Crippen molar-refractivity contribution >= 4 is 23.6 Å². The largest absolute Gasteiger partial charge is 0.412 e. The SMILES string of the molecule is O=Nc1ccc(OC(=O)NCCN2C(=O)C=CC2=O)cc1. The van der Waals surface area contributed by atoms with E-state index in [4.69, 9.17) is 4.74 Å². The number of nitroso groups, excluding NO2 is 1. The molecule has 8 nitrogen and oxygen atoms in total. The number of carbonyl (C=O) groups excluding carboxylic acids is 3. The molecule has 21 heavy (non-hydrogen) atoms. The number of amides is 3. The summed E-state index contributed by atoms with van der Waals surface area (Å²) in [5.41, 5.74) is 0.223. The van der Waals surface area contributed by atoms with Crippen molar-refractivity contribution in [2.24, 2.45) is 5.18 Å². The van der Waals surface area contributed by atoms with Gasteiger partial charge < -0.3 is 10.1 Å². The van der Waals surface area contributed by atoms with Crippen LogP contribution in [0, 0.1) is 4.91 Å². The van der Waals surface area contributed by atoms with Crippen LogP contribution in [-0.4, -0.2) is 35.9 Å². The third-order valence-electron chi connectivity index (χ3n) is 2.66. The molecule has 0 unspecified atom stereocenters. The molecule has 1 heterocycles. The first kappa shape index (κ1) is 14.4. The van der Waals surface area contributed by atoms with Crippen molar-refractivity contribution in [3.05, 3.63) is 41.3 Å². The summed E-state index contributed by atoms with van der Waals surface area (Å²) < 4.78 is 4.93. The molecule has 2 rings (SSSR count). The first-order valence-corrected chi connectivity index (χ1v) is 6.03. The number of hydrogen-bond donors (Lipinski definition) is 1. The van der Waals surface area contributed by atoms with Gasteiger partial charge in [0.05, 0.1) is 0 Å². The van der Waals surface area contributed by atoms with Crippen molar-refractivity contribution in [1.82, 2.24) is 10.2 Å². The van der Waals surface area contributed by atoms with E-state index in [0.29, 0.717) is 0 Å². The molecule has 1 N–H and O–H groups in total. The lowest BCUT2D eigenvalue weighted by Gasteiger charge is -2.13. The number of rotatable bonds is 5. The summed E-state index contributed by atoms with van der Waals surface area (Å²) in [7, 11) is 0. The van der Waals surface area contributed by atoms with Crippen LogP contribution < -0.4 is 10.1 Å². The van der Waals surface area contributed by atoms with Crippen LogP contribution in [-0.2, 0) is 9.59 Å². The third-order valence-corrected chi connectivity index (χ3v) is 2.66. The highest BCUT2D eigenvalue weighted by Gasteiger charge is 2.22. The Kier molecular flexibility index (Phi) is 4.39. The smallest absolute Gasteiger partial charge is 0.410 e. The van der Waals surface area contributed by atoms with Crippen LogP contribution in [0.4, 0.5) is 10.5 Å². The number of nitrogens with one attached hydrogen (secondary N) is 1. The van der Waals surface area contributed by atoms with Crippen molar-refractivity contribution in [2.45, 2.75) is 0 Å². The molecule has 0 radical (unpaired) electrons. The fourth-order valence-corrected chi connectivity index (χ4v) is 1.64. The van der Waals surface area contributed by atoms with Crippen LogP contribution in [0.1, 0.15) is 0 Å². The molecule has 0 saturated heterocycles. The highest BCUT2D eigenvalue weighted by Crippen LogP contribution is 2.17. The van der Waals surface area contributed by atoms with Gasteiger partial charge in [0.1, 0.15) is 11.4 Å². The van der Waals surface area contributed by atoms with Gasteiger partial charge in [0.25, 0.3) is 11.8 Å². The summed E-state index contributed by atoms with van der Waals surface area (Å²) in [5, 5.41) is 5.12. The maximum absolute atomic E-state index is 11.5. The predicted octanol–water partition coefficient (Wildman–Crippen LogP) is 1.10. The van der Waals surface area contributed by atoms with Gasteiger partial charge in [-0.3, -0.25) is 14.5 Å². The molecule has 0 aromatic heterocycles. The van der Waals surface area contributed by atoms with E-state index in [1.165, 1.54) is 36.4 Å². The standard InChI is InChI=1S/C13H11N3O5/c17-11-5-6-12(18)16(11)8-7-14-13(19)21-10-3-1-9(15-20)2-4-10/h1-6H,7-8H2,(H,14,19). The van der Waals surface area contributed by atoms with Crippen molar-refractivity contribution in [3.8, 4) is 5.75 Å². The monoisotopic (exact) mass is 289 g/mol. The summed E-state index contributed by atoms with van der Waals surface area (Å²) in [4.78, 5) is 45.2. The Morgan fingerprint density at radius 3 is 2.33 bits per heavy atom. The Morgan fingerprint density at radius 2 is 1.76 bits per heavy atom. The van der Waals surface area contributed by atoms with Gasteiger partial charge >= 0.3 is 6.09 Å². The fourth-order valence-electron chi connectivity index (χ4n) is 1.64. The van der Waals surface area contributed by atoms with E-state index in [-0.39, 0.29) is 24.5 Å². The van der Waals surface area contributed by atoms with Gasteiger partial charge in [0.15, 0.2) is 0 Å². The topological polar surface area (TPSA) is 105 Å². The molecule has 108 valence electrons. The third kappa shape index (κ3) is 3.72. The molecule has 1 aromatic rings. The van der Waals surface area contributed by atoms with Crippen molar-refractivity contribution in [2.75, 3.05) is 13.1 Å². The maximum atomic E-state index is 11.5. The first-order valence-electron chi connectivity index (χ1n) is 6.03. The Hall–Kier alpha value is -3.03. The minimum Gasteiger partial charge on any atom is -0.410 e. The second kappa shape index (κ2) is 6.42. The van der Waals surface area contributed by atoms with Gasteiger partial charge in [-0.1, -0.05) is 0 Å². The van der Waals surface area contributed by atoms with Crippen LogP contribution in [0.15, 0.2) is 41.6 Å². The number of nitrogens with zero attached hydrogens (tertiary/aromatic N) is 2. The molecule has 0 saturated carbocycles. The van der Waals surface area contributed by atoms with Crippen LogP contribution in [0.2, 0.25) is 0 Å². The number of hydrogen-bond acceptors (Lipinski definition) is 6. The van der Waals surface area contributed by atoms with Gasteiger partial charge in [-0.15, -0.1) is 4.91 Å². The van der Waals surface area contributed by atoms with E-state index in [1.807, 2.05) is 0 Å². The molecule has 0 atom stereocenters. The zero-order valence-electron chi connectivity index (χ0n) is 10.8. The van der Waals surface area contributed by atoms with Gasteiger partial charge in [0, 0.05) is 25.2 Å². The summed E-state index contributed by atoms with van der Waals surface area (Å²) in [5.74, 6) is -0.575. The molecule has 1 aromatic carbocycles. The Labute approximate surface area is 119 Å². The van der Waals surface area contributed by atoms with Gasteiger partial charge in [-0.2, -0.15) is 0 Å². The van der Waals surface area contributed by atoms with Crippen LogP contribution in [0.25, 0.3) is 0 Å². The van der Waals surface area contributed by atoms with E-state index >= 15 is 0 Å². The molecule has 0 aliphatic carbocycles. The molecule has 1 aliphatic heterocycles. The highest BCUT2D eigenvalue weighted by atomic mass is 16.6. The summed E-state index contributed by atoms with van der Waals surface area (Å²) in [6.45, 7) is 0.139. The van der Waals surface area contributed by atoms with Crippen molar-refractivity contribution < 1.29 is 19.1 Å². The molecule has 1 aliphatic rings. The second-order valence-corrected chi connectivity index (χ2v) is 4.06. The van der Waals surface area contributed by atoms with E-state index in [0.717, 1.165) is 4.90 Å². The van der Waals surface area contributed by atoms with Gasteiger partial charge in [0.2, 0.25) is 0 Å². The average molecular weight is 289 g/mol. The number of benzene rings is 1. The first-order chi connectivity index (χ1) is 10.1. The van der Waals surface area contributed by atoms with E-state index in [9.17, 15) is 19.3 Å². The van der Waals surface area contributed by atoms with Crippen LogP contribution >= 0.6 is 0 Å². The lowest BCUT2D eigenvalue weighted by Crippen LogP contribution is -2.39. The number of carbonyl (C=O) groups is 3. The van der Waals surface area contributed by atoms with E-state index in [2.05, 4.69) is 10.5 Å². The van der Waals surface area contributed by atoms with Gasteiger partial charge in [-0.25, -0.2) is 4.79 Å². The lowest BCUT2D eigenvalue weighted by molar-refractivity contribution is -0.136. The average Bonchev–Trinajstić information content (AvgIpc) is 2.80. The molecule has 3 amide bonds. The normalized spacial score (nSPS) is 13.4. The zero-order chi connectivity index (χ0) is 15.2. The van der Waals surface area contributed by atoms with E-state index < -0.39 is 17.9 Å². The van der Waals surface area contributed by atoms with Gasteiger partial charge in [-0.05, 0) is 29.4 Å². The molecule has 8 heteroatoms. The Morgan fingerprint density at radius 1 is 1.14 bits per heavy atom. The van der Waals surface area contributed by atoms with Crippen LogP contribution in [0.5, 0.6) is 5.75 Å².